The predicted octanol–water partition coefficient (Wildman–Crippen LogP) is 3.55. The van der Waals surface area contributed by atoms with E-state index in [1.54, 1.807) is 0 Å². The third-order valence-corrected chi connectivity index (χ3v) is 3.56. The van der Waals surface area contributed by atoms with Gasteiger partial charge in [0.15, 0.2) is 0 Å². The fourth-order valence-electron chi connectivity index (χ4n) is 2.37. The van der Waals surface area contributed by atoms with Crippen molar-refractivity contribution in [2.24, 2.45) is 0 Å². The average Bonchev–Trinajstić information content (AvgIpc) is 2.61. The van der Waals surface area contributed by atoms with E-state index in [0.717, 1.165) is 29.9 Å². The molecular weight excluding hydrogens is 224 g/mol. The summed E-state index contributed by atoms with van der Waals surface area (Å²) in [7, 11) is 0. The highest BCUT2D eigenvalue weighted by Crippen LogP contribution is 2.26. The highest BCUT2D eigenvalue weighted by atomic mass is 16.1. The lowest BCUT2D eigenvalue weighted by Gasteiger charge is -2.12. The molecule has 0 atom stereocenters. The second kappa shape index (κ2) is 5.51. The van der Waals surface area contributed by atoms with Gasteiger partial charge in [0.2, 0.25) is 0 Å². The normalized spacial score (nSPS) is 16.6. The van der Waals surface area contributed by atoms with E-state index < -0.39 is 0 Å². The molecule has 0 fully saturated rings. The summed E-state index contributed by atoms with van der Waals surface area (Å²) < 4.78 is 0. The van der Waals surface area contributed by atoms with Gasteiger partial charge in [0.25, 0.3) is 5.56 Å². The number of allylic oxidation sites excluding steroid dienone is 2. The van der Waals surface area contributed by atoms with Crippen LogP contribution in [0.1, 0.15) is 69.0 Å². The van der Waals surface area contributed by atoms with Crippen LogP contribution < -0.4 is 5.56 Å². The second-order valence-corrected chi connectivity index (χ2v) is 5.41. The van der Waals surface area contributed by atoms with Crippen molar-refractivity contribution in [3.05, 3.63) is 33.5 Å². The van der Waals surface area contributed by atoms with E-state index in [0.29, 0.717) is 0 Å². The molecule has 0 unspecified atom stereocenters. The SMILES string of the molecule is Cc1c(C2=CCCCCC2)nc(C(C)C)[nH]c1=O. The van der Waals surface area contributed by atoms with Crippen molar-refractivity contribution in [2.75, 3.05) is 0 Å². The first kappa shape index (κ1) is 13.1. The molecule has 3 nitrogen and oxygen atoms in total. The van der Waals surface area contributed by atoms with Crippen molar-refractivity contribution in [3.8, 4) is 0 Å². The van der Waals surface area contributed by atoms with Crippen molar-refractivity contribution < 1.29 is 0 Å². The Morgan fingerprint density at radius 2 is 2.06 bits per heavy atom. The zero-order valence-electron chi connectivity index (χ0n) is 11.5. The van der Waals surface area contributed by atoms with Crippen molar-refractivity contribution in [1.82, 2.24) is 9.97 Å². The van der Waals surface area contributed by atoms with Crippen LogP contribution in [0.5, 0.6) is 0 Å². The summed E-state index contributed by atoms with van der Waals surface area (Å²) in [6.07, 6.45) is 8.17. The Kier molecular flexibility index (Phi) is 4.00. The van der Waals surface area contributed by atoms with E-state index in [9.17, 15) is 4.79 Å². The molecule has 3 heteroatoms. The van der Waals surface area contributed by atoms with Crippen LogP contribution >= 0.6 is 0 Å². The molecule has 0 aromatic carbocycles. The van der Waals surface area contributed by atoms with Gasteiger partial charge in [0.1, 0.15) is 5.82 Å². The van der Waals surface area contributed by atoms with Crippen molar-refractivity contribution in [3.63, 3.8) is 0 Å². The number of rotatable bonds is 2. The topological polar surface area (TPSA) is 45.8 Å². The minimum Gasteiger partial charge on any atom is -0.310 e. The predicted molar refractivity (Wildman–Crippen MR) is 74.7 cm³/mol. The van der Waals surface area contributed by atoms with Gasteiger partial charge >= 0.3 is 0 Å². The molecule has 2 rings (SSSR count). The summed E-state index contributed by atoms with van der Waals surface area (Å²) in [4.78, 5) is 19.5. The molecule has 0 radical (unpaired) electrons. The van der Waals surface area contributed by atoms with Gasteiger partial charge in [0, 0.05) is 11.5 Å². The molecule has 0 spiro atoms. The molecular formula is C15H22N2O. The number of hydrogen-bond acceptors (Lipinski definition) is 2. The number of nitrogens with zero attached hydrogens (tertiary/aromatic N) is 1. The van der Waals surface area contributed by atoms with Crippen LogP contribution in [0.4, 0.5) is 0 Å². The molecule has 0 saturated heterocycles. The van der Waals surface area contributed by atoms with Crippen LogP contribution in [-0.2, 0) is 0 Å². The molecule has 1 heterocycles. The molecule has 1 N–H and O–H groups in total. The summed E-state index contributed by atoms with van der Waals surface area (Å²) in [6, 6.07) is 0. The monoisotopic (exact) mass is 246 g/mol. The van der Waals surface area contributed by atoms with Crippen LogP contribution in [0.3, 0.4) is 0 Å². The van der Waals surface area contributed by atoms with Gasteiger partial charge in [-0.15, -0.1) is 0 Å². The summed E-state index contributed by atoms with van der Waals surface area (Å²) in [6.45, 7) is 5.98. The number of aromatic amines is 1. The second-order valence-electron chi connectivity index (χ2n) is 5.41. The van der Waals surface area contributed by atoms with E-state index in [1.807, 2.05) is 6.92 Å². The zero-order valence-corrected chi connectivity index (χ0v) is 11.5. The van der Waals surface area contributed by atoms with Gasteiger partial charge in [-0.25, -0.2) is 4.98 Å². The number of nitrogens with one attached hydrogen (secondary N) is 1. The first-order chi connectivity index (χ1) is 8.59. The number of aromatic nitrogens is 2. The van der Waals surface area contributed by atoms with E-state index in [2.05, 4.69) is 29.9 Å². The highest BCUT2D eigenvalue weighted by Gasteiger charge is 2.14. The first-order valence-corrected chi connectivity index (χ1v) is 6.90. The van der Waals surface area contributed by atoms with Gasteiger partial charge in [-0.2, -0.15) is 0 Å². The minimum atomic E-state index is 0.00819. The zero-order chi connectivity index (χ0) is 13.1. The molecule has 0 aliphatic heterocycles. The molecule has 1 aromatic heterocycles. The third kappa shape index (κ3) is 2.71. The fraction of sp³-hybridized carbons (Fsp3) is 0.600. The van der Waals surface area contributed by atoms with Gasteiger partial charge < -0.3 is 4.98 Å². The van der Waals surface area contributed by atoms with Gasteiger partial charge in [-0.3, -0.25) is 4.79 Å². The first-order valence-electron chi connectivity index (χ1n) is 6.90. The van der Waals surface area contributed by atoms with Crippen LogP contribution in [-0.4, -0.2) is 9.97 Å². The van der Waals surface area contributed by atoms with Crippen LogP contribution in [0.15, 0.2) is 10.9 Å². The van der Waals surface area contributed by atoms with Gasteiger partial charge in [-0.1, -0.05) is 26.3 Å². The van der Waals surface area contributed by atoms with E-state index in [4.69, 9.17) is 0 Å². The van der Waals surface area contributed by atoms with E-state index >= 15 is 0 Å². The van der Waals surface area contributed by atoms with Crippen molar-refractivity contribution >= 4 is 5.57 Å². The molecule has 18 heavy (non-hydrogen) atoms. The lowest BCUT2D eigenvalue weighted by atomic mass is 10.0. The maximum atomic E-state index is 12.0. The molecule has 0 amide bonds. The Balaban J connectivity index is 2.48. The van der Waals surface area contributed by atoms with Crippen LogP contribution in [0, 0.1) is 6.92 Å². The largest absolute Gasteiger partial charge is 0.310 e. The Bertz CT molecular complexity index is 512. The highest BCUT2D eigenvalue weighted by molar-refractivity contribution is 5.65. The molecule has 0 bridgehead atoms. The van der Waals surface area contributed by atoms with Crippen molar-refractivity contribution in [1.29, 1.82) is 0 Å². The van der Waals surface area contributed by atoms with Gasteiger partial charge in [-0.05, 0) is 38.2 Å². The van der Waals surface area contributed by atoms with Crippen LogP contribution in [0.2, 0.25) is 0 Å². The lowest BCUT2D eigenvalue weighted by molar-refractivity contribution is 0.718. The Hall–Kier alpha value is -1.38. The lowest BCUT2D eigenvalue weighted by Crippen LogP contribution is -2.18. The summed E-state index contributed by atoms with van der Waals surface area (Å²) in [5, 5.41) is 0. The Morgan fingerprint density at radius 3 is 2.78 bits per heavy atom. The smallest absolute Gasteiger partial charge is 0.254 e. The average molecular weight is 246 g/mol. The van der Waals surface area contributed by atoms with Gasteiger partial charge in [0.05, 0.1) is 5.69 Å². The third-order valence-electron chi connectivity index (χ3n) is 3.56. The quantitative estimate of drug-likeness (QED) is 0.867. The molecule has 1 aliphatic rings. The minimum absolute atomic E-state index is 0.00819. The molecule has 1 aromatic rings. The standard InChI is InChI=1S/C15H22N2O/c1-10(2)14-16-13(11(3)15(18)17-14)12-8-6-4-5-7-9-12/h8,10H,4-7,9H2,1-3H3,(H,16,17,18). The number of hydrogen-bond donors (Lipinski definition) is 1. The Labute approximate surface area is 108 Å². The maximum absolute atomic E-state index is 12.0. The maximum Gasteiger partial charge on any atom is 0.254 e. The Morgan fingerprint density at radius 1 is 1.28 bits per heavy atom. The summed E-state index contributed by atoms with van der Waals surface area (Å²) >= 11 is 0. The number of H-pyrrole nitrogens is 1. The fourth-order valence-corrected chi connectivity index (χ4v) is 2.37. The molecule has 98 valence electrons. The summed E-state index contributed by atoms with van der Waals surface area (Å²) in [5.74, 6) is 1.05. The molecule has 0 saturated carbocycles. The summed E-state index contributed by atoms with van der Waals surface area (Å²) in [5.41, 5.74) is 2.95. The van der Waals surface area contributed by atoms with Crippen molar-refractivity contribution in [2.45, 2.75) is 58.8 Å². The van der Waals surface area contributed by atoms with Crippen LogP contribution in [0.25, 0.3) is 5.57 Å². The molecule has 1 aliphatic carbocycles. The van der Waals surface area contributed by atoms with E-state index in [-0.39, 0.29) is 11.5 Å². The van der Waals surface area contributed by atoms with E-state index in [1.165, 1.54) is 24.8 Å².